The first-order valence-corrected chi connectivity index (χ1v) is 7.04. The molecular formula is C16H15BN2O4. The van der Waals surface area contributed by atoms with Crippen molar-refractivity contribution >= 4 is 24.1 Å². The highest BCUT2D eigenvalue weighted by molar-refractivity contribution is 6.33. The number of benzene rings is 2. The van der Waals surface area contributed by atoms with E-state index in [2.05, 4.69) is 0 Å². The van der Waals surface area contributed by atoms with Gasteiger partial charge in [0.05, 0.1) is 0 Å². The fraction of sp³-hybridized carbons (Fsp3) is 0.0625. The lowest BCUT2D eigenvalue weighted by Crippen LogP contribution is -2.20. The van der Waals surface area contributed by atoms with Crippen LogP contribution >= 0.6 is 0 Å². The van der Waals surface area contributed by atoms with Gasteiger partial charge in [-0.25, -0.2) is 0 Å². The van der Waals surface area contributed by atoms with E-state index < -0.39 is 13.2 Å². The molecule has 0 aliphatic rings. The van der Waals surface area contributed by atoms with Crippen LogP contribution in [-0.4, -0.2) is 27.8 Å². The smallest absolute Gasteiger partial charge is 0.512 e. The second-order valence-corrected chi connectivity index (χ2v) is 5.13. The Morgan fingerprint density at radius 2 is 1.87 bits per heavy atom. The van der Waals surface area contributed by atoms with Gasteiger partial charge in [-0.2, -0.15) is 0 Å². The first-order chi connectivity index (χ1) is 11.0. The van der Waals surface area contributed by atoms with Crippen LogP contribution in [0.1, 0.15) is 15.9 Å². The summed E-state index contributed by atoms with van der Waals surface area (Å²) in [5, 5.41) is 18.3. The molecule has 1 amide bonds. The van der Waals surface area contributed by atoms with Crippen molar-refractivity contribution in [2.45, 2.75) is 6.54 Å². The number of amides is 1. The van der Waals surface area contributed by atoms with Crippen molar-refractivity contribution in [2.75, 3.05) is 0 Å². The van der Waals surface area contributed by atoms with Gasteiger partial charge in [-0.05, 0) is 35.9 Å². The van der Waals surface area contributed by atoms with Gasteiger partial charge in [0.2, 0.25) is 5.91 Å². The summed E-state index contributed by atoms with van der Waals surface area (Å²) in [5.41, 5.74) is 7.83. The molecule has 0 atom stereocenters. The van der Waals surface area contributed by atoms with Crippen molar-refractivity contribution in [3.05, 3.63) is 65.9 Å². The minimum atomic E-state index is -1.83. The minimum absolute atomic E-state index is 0.372. The zero-order valence-corrected chi connectivity index (χ0v) is 12.2. The molecule has 1 heterocycles. The van der Waals surface area contributed by atoms with Crippen LogP contribution in [0.15, 0.2) is 54.7 Å². The van der Waals surface area contributed by atoms with Crippen molar-refractivity contribution in [1.82, 2.24) is 4.57 Å². The quantitative estimate of drug-likeness (QED) is 0.615. The van der Waals surface area contributed by atoms with Gasteiger partial charge in [-0.15, -0.1) is 0 Å². The molecule has 3 rings (SSSR count). The number of carbonyl (C=O) groups excluding carboxylic acids is 1. The van der Waals surface area contributed by atoms with Crippen LogP contribution in [0.25, 0.3) is 10.9 Å². The van der Waals surface area contributed by atoms with E-state index in [0.717, 1.165) is 16.5 Å². The van der Waals surface area contributed by atoms with Gasteiger partial charge >= 0.3 is 7.32 Å². The normalized spacial score (nSPS) is 10.7. The molecule has 0 radical (unpaired) electrons. The van der Waals surface area contributed by atoms with Crippen LogP contribution in [0, 0.1) is 0 Å². The summed E-state index contributed by atoms with van der Waals surface area (Å²) in [7, 11) is -1.83. The number of hydrogen-bond acceptors (Lipinski definition) is 4. The van der Waals surface area contributed by atoms with Crippen LogP contribution in [0.3, 0.4) is 0 Å². The van der Waals surface area contributed by atoms with Gasteiger partial charge in [0.25, 0.3) is 0 Å². The van der Waals surface area contributed by atoms with E-state index in [0.29, 0.717) is 17.9 Å². The molecular weight excluding hydrogens is 295 g/mol. The van der Waals surface area contributed by atoms with Gasteiger partial charge in [-0.3, -0.25) is 4.79 Å². The van der Waals surface area contributed by atoms with Crippen molar-refractivity contribution in [1.29, 1.82) is 0 Å². The van der Waals surface area contributed by atoms with Crippen LogP contribution < -0.4 is 10.4 Å². The van der Waals surface area contributed by atoms with Gasteiger partial charge in [0, 0.05) is 29.2 Å². The molecule has 0 unspecified atom stereocenters. The molecule has 6 nitrogen and oxygen atoms in total. The molecule has 0 saturated carbocycles. The molecule has 2 aromatic carbocycles. The fourth-order valence-electron chi connectivity index (χ4n) is 2.57. The van der Waals surface area contributed by atoms with Gasteiger partial charge in [0.1, 0.15) is 5.75 Å². The van der Waals surface area contributed by atoms with E-state index in [1.54, 1.807) is 24.3 Å². The standard InChI is InChI=1S/C16H15BN2O4/c18-16(20)14-2-1-3-15-13(14)8-9-19(15)10-11-4-6-12(7-5-11)23-17(21)22/h1-9,21-22H,10H2,(H2,18,20). The highest BCUT2D eigenvalue weighted by Crippen LogP contribution is 2.22. The second kappa shape index (κ2) is 6.16. The first-order valence-electron chi connectivity index (χ1n) is 7.04. The molecule has 0 saturated heterocycles. The molecule has 23 heavy (non-hydrogen) atoms. The van der Waals surface area contributed by atoms with E-state index in [9.17, 15) is 4.79 Å². The molecule has 0 aliphatic carbocycles. The Labute approximate surface area is 132 Å². The third-order valence-corrected chi connectivity index (χ3v) is 3.60. The Kier molecular flexibility index (Phi) is 4.05. The summed E-state index contributed by atoms with van der Waals surface area (Å²) in [6.45, 7) is 0.605. The molecule has 0 fully saturated rings. The Hall–Kier alpha value is -2.77. The monoisotopic (exact) mass is 310 g/mol. The first kappa shape index (κ1) is 15.1. The number of aromatic nitrogens is 1. The van der Waals surface area contributed by atoms with E-state index in [-0.39, 0.29) is 0 Å². The summed E-state index contributed by atoms with van der Waals surface area (Å²) in [4.78, 5) is 11.5. The number of rotatable bonds is 5. The van der Waals surface area contributed by atoms with Crippen molar-refractivity contribution < 1.29 is 19.5 Å². The maximum absolute atomic E-state index is 11.5. The number of nitrogens with zero attached hydrogens (tertiary/aromatic N) is 1. The average molecular weight is 310 g/mol. The number of primary amides is 1. The van der Waals surface area contributed by atoms with Gasteiger partial charge in [0.15, 0.2) is 0 Å². The molecule has 1 aromatic heterocycles. The van der Waals surface area contributed by atoms with E-state index in [4.69, 9.17) is 20.4 Å². The Bertz CT molecular complexity index is 843. The lowest BCUT2D eigenvalue weighted by molar-refractivity contribution is 0.100. The number of carbonyl (C=O) groups is 1. The average Bonchev–Trinajstić information content (AvgIpc) is 2.91. The van der Waals surface area contributed by atoms with Crippen LogP contribution in [-0.2, 0) is 6.54 Å². The van der Waals surface area contributed by atoms with Crippen molar-refractivity contribution in [3.8, 4) is 5.75 Å². The van der Waals surface area contributed by atoms with Gasteiger partial charge < -0.3 is 25.0 Å². The molecule has 0 bridgehead atoms. The summed E-state index contributed by atoms with van der Waals surface area (Å²) >= 11 is 0. The Morgan fingerprint density at radius 3 is 2.52 bits per heavy atom. The van der Waals surface area contributed by atoms with Crippen LogP contribution in [0.4, 0.5) is 0 Å². The Morgan fingerprint density at radius 1 is 1.13 bits per heavy atom. The lowest BCUT2D eigenvalue weighted by Gasteiger charge is -2.08. The van der Waals surface area contributed by atoms with Gasteiger partial charge in [-0.1, -0.05) is 18.2 Å². The minimum Gasteiger partial charge on any atom is -0.512 e. The molecule has 3 aromatic rings. The van der Waals surface area contributed by atoms with E-state index in [1.807, 2.05) is 35.0 Å². The van der Waals surface area contributed by atoms with Crippen molar-refractivity contribution in [2.24, 2.45) is 5.73 Å². The maximum Gasteiger partial charge on any atom is 0.707 e. The topological polar surface area (TPSA) is 97.7 Å². The number of nitrogens with two attached hydrogens (primary N) is 1. The second-order valence-electron chi connectivity index (χ2n) is 5.13. The lowest BCUT2D eigenvalue weighted by atomic mass is 10.1. The third-order valence-electron chi connectivity index (χ3n) is 3.60. The summed E-state index contributed by atoms with van der Waals surface area (Å²) in [5.74, 6) is -0.0745. The summed E-state index contributed by atoms with van der Waals surface area (Å²) < 4.78 is 6.78. The molecule has 7 heteroatoms. The summed E-state index contributed by atoms with van der Waals surface area (Å²) in [6, 6.07) is 14.3. The number of hydrogen-bond donors (Lipinski definition) is 3. The predicted molar refractivity (Wildman–Crippen MR) is 86.8 cm³/mol. The maximum atomic E-state index is 11.5. The Balaban J connectivity index is 1.87. The zero-order chi connectivity index (χ0) is 16.4. The molecule has 0 spiro atoms. The highest BCUT2D eigenvalue weighted by atomic mass is 16.6. The molecule has 4 N–H and O–H groups in total. The van der Waals surface area contributed by atoms with Crippen molar-refractivity contribution in [3.63, 3.8) is 0 Å². The largest absolute Gasteiger partial charge is 0.707 e. The van der Waals surface area contributed by atoms with Crippen LogP contribution in [0.5, 0.6) is 5.75 Å². The molecule has 116 valence electrons. The highest BCUT2D eigenvalue weighted by Gasteiger charge is 2.11. The zero-order valence-electron chi connectivity index (χ0n) is 12.2. The molecule has 0 aliphatic heterocycles. The SMILES string of the molecule is NC(=O)c1cccc2c1ccn2Cc1ccc(OB(O)O)cc1. The third kappa shape index (κ3) is 3.20. The predicted octanol–water partition coefficient (Wildman–Crippen LogP) is 1.14. The fourth-order valence-corrected chi connectivity index (χ4v) is 2.57. The number of fused-ring (bicyclic) bond motifs is 1. The van der Waals surface area contributed by atoms with E-state index in [1.165, 1.54) is 0 Å². The summed E-state index contributed by atoms with van der Waals surface area (Å²) in [6.07, 6.45) is 1.90. The van der Waals surface area contributed by atoms with Crippen LogP contribution in [0.2, 0.25) is 0 Å². The van der Waals surface area contributed by atoms with E-state index >= 15 is 0 Å².